The van der Waals surface area contributed by atoms with Gasteiger partial charge in [0.15, 0.2) is 0 Å². The van der Waals surface area contributed by atoms with Crippen LogP contribution in [0.15, 0.2) is 24.3 Å². The van der Waals surface area contributed by atoms with Crippen LogP contribution in [0, 0.1) is 5.92 Å². The molecule has 0 saturated carbocycles. The maximum absolute atomic E-state index is 6.41. The van der Waals surface area contributed by atoms with Gasteiger partial charge in [-0.25, -0.2) is 0 Å². The first-order valence-corrected chi connectivity index (χ1v) is 6.42. The van der Waals surface area contributed by atoms with Crippen LogP contribution in [0.3, 0.4) is 0 Å². The lowest BCUT2D eigenvalue weighted by Gasteiger charge is -2.24. The first-order valence-electron chi connectivity index (χ1n) is 6.42. The molecule has 0 bridgehead atoms. The van der Waals surface area contributed by atoms with Gasteiger partial charge in [0.2, 0.25) is 0 Å². The zero-order chi connectivity index (χ0) is 12.1. The topological polar surface area (TPSA) is 47.3 Å². The molecule has 1 heterocycles. The lowest BCUT2D eigenvalue weighted by molar-refractivity contribution is 0.364. The summed E-state index contributed by atoms with van der Waals surface area (Å²) >= 11 is 0. The van der Waals surface area contributed by atoms with Crippen LogP contribution < -0.4 is 15.8 Å². The maximum Gasteiger partial charge on any atom is 0.123 e. The Bertz CT molecular complexity index is 346. The van der Waals surface area contributed by atoms with E-state index in [9.17, 15) is 0 Å². The Morgan fingerprint density at radius 1 is 1.29 bits per heavy atom. The predicted molar refractivity (Wildman–Crippen MR) is 70.1 cm³/mol. The lowest BCUT2D eigenvalue weighted by atomic mass is 9.87. The van der Waals surface area contributed by atoms with E-state index in [0.29, 0.717) is 5.92 Å². The molecule has 2 atom stereocenters. The maximum atomic E-state index is 6.41. The van der Waals surface area contributed by atoms with Gasteiger partial charge in [0, 0.05) is 11.6 Å². The molecule has 17 heavy (non-hydrogen) atoms. The van der Waals surface area contributed by atoms with Crippen molar-refractivity contribution in [2.45, 2.75) is 25.3 Å². The van der Waals surface area contributed by atoms with E-state index in [1.165, 1.54) is 12.8 Å². The molecule has 0 spiro atoms. The minimum Gasteiger partial charge on any atom is -0.496 e. The lowest BCUT2D eigenvalue weighted by Crippen LogP contribution is -2.23. The molecule has 1 aliphatic rings. The van der Waals surface area contributed by atoms with Gasteiger partial charge in [-0.1, -0.05) is 18.2 Å². The van der Waals surface area contributed by atoms with Gasteiger partial charge in [-0.2, -0.15) is 0 Å². The highest BCUT2D eigenvalue weighted by Gasteiger charge is 2.22. The Hall–Kier alpha value is -1.06. The molecule has 2 rings (SSSR count). The molecular weight excluding hydrogens is 212 g/mol. The zero-order valence-electron chi connectivity index (χ0n) is 10.5. The monoisotopic (exact) mass is 234 g/mol. The number of hydrogen-bond acceptors (Lipinski definition) is 3. The van der Waals surface area contributed by atoms with Crippen molar-refractivity contribution < 1.29 is 4.74 Å². The van der Waals surface area contributed by atoms with Crippen molar-refractivity contribution in [3.63, 3.8) is 0 Å². The highest BCUT2D eigenvalue weighted by molar-refractivity contribution is 5.36. The quantitative estimate of drug-likeness (QED) is 0.842. The van der Waals surface area contributed by atoms with E-state index in [0.717, 1.165) is 30.8 Å². The largest absolute Gasteiger partial charge is 0.496 e. The summed E-state index contributed by atoms with van der Waals surface area (Å²) in [4.78, 5) is 0. The van der Waals surface area contributed by atoms with Crippen molar-refractivity contribution in [3.05, 3.63) is 29.8 Å². The van der Waals surface area contributed by atoms with Gasteiger partial charge in [0.05, 0.1) is 7.11 Å². The highest BCUT2D eigenvalue weighted by atomic mass is 16.5. The molecule has 3 nitrogen and oxygen atoms in total. The zero-order valence-corrected chi connectivity index (χ0v) is 10.5. The molecule has 0 aliphatic carbocycles. The second-order valence-corrected chi connectivity index (χ2v) is 4.71. The van der Waals surface area contributed by atoms with Gasteiger partial charge in [0.1, 0.15) is 5.75 Å². The van der Waals surface area contributed by atoms with Crippen LogP contribution in [0.1, 0.15) is 30.9 Å². The highest BCUT2D eigenvalue weighted by Crippen LogP contribution is 2.32. The summed E-state index contributed by atoms with van der Waals surface area (Å²) in [6.07, 6.45) is 3.57. The number of rotatable bonds is 3. The molecular formula is C14H22N2O. The van der Waals surface area contributed by atoms with Gasteiger partial charge in [0.25, 0.3) is 0 Å². The van der Waals surface area contributed by atoms with E-state index < -0.39 is 0 Å². The summed E-state index contributed by atoms with van der Waals surface area (Å²) in [6.45, 7) is 2.20. The van der Waals surface area contributed by atoms with Crippen LogP contribution in [0.25, 0.3) is 0 Å². The van der Waals surface area contributed by atoms with Crippen LogP contribution in [0.5, 0.6) is 5.75 Å². The van der Waals surface area contributed by atoms with Crippen LogP contribution in [0.2, 0.25) is 0 Å². The molecule has 0 radical (unpaired) electrons. The number of methoxy groups -OCH3 is 1. The SMILES string of the molecule is COc1ccccc1C(N)C1CCCNCC1. The fraction of sp³-hybridized carbons (Fsp3) is 0.571. The average molecular weight is 234 g/mol. The van der Waals surface area contributed by atoms with Crippen molar-refractivity contribution in [3.8, 4) is 5.75 Å². The summed E-state index contributed by atoms with van der Waals surface area (Å²) in [5.74, 6) is 1.47. The average Bonchev–Trinajstić information content (AvgIpc) is 2.66. The molecule has 1 aromatic carbocycles. The molecule has 0 aromatic heterocycles. The van der Waals surface area contributed by atoms with Gasteiger partial charge >= 0.3 is 0 Å². The third-order valence-electron chi connectivity index (χ3n) is 3.63. The van der Waals surface area contributed by atoms with Crippen LogP contribution in [0.4, 0.5) is 0 Å². The number of ether oxygens (including phenoxy) is 1. The number of hydrogen-bond donors (Lipinski definition) is 2. The van der Waals surface area contributed by atoms with Gasteiger partial charge in [-0.05, 0) is 44.3 Å². The third-order valence-corrected chi connectivity index (χ3v) is 3.63. The second-order valence-electron chi connectivity index (χ2n) is 4.71. The summed E-state index contributed by atoms with van der Waals surface area (Å²) < 4.78 is 5.39. The first-order chi connectivity index (χ1) is 8.33. The van der Waals surface area contributed by atoms with Crippen molar-refractivity contribution >= 4 is 0 Å². The van der Waals surface area contributed by atoms with Gasteiger partial charge in [-0.3, -0.25) is 0 Å². The molecule has 1 saturated heterocycles. The van der Waals surface area contributed by atoms with Crippen LogP contribution in [-0.2, 0) is 0 Å². The van der Waals surface area contributed by atoms with Crippen molar-refractivity contribution in [1.29, 1.82) is 0 Å². The standard InChI is InChI=1S/C14H22N2O/c1-17-13-7-3-2-6-12(13)14(15)11-5-4-9-16-10-8-11/h2-3,6-7,11,14,16H,4-5,8-10,15H2,1H3. The Morgan fingerprint density at radius 2 is 2.12 bits per heavy atom. The molecule has 1 aromatic rings. The number of nitrogens with one attached hydrogen (secondary N) is 1. The first kappa shape index (κ1) is 12.4. The molecule has 0 amide bonds. The second kappa shape index (κ2) is 6.03. The molecule has 3 heteroatoms. The van der Waals surface area contributed by atoms with E-state index >= 15 is 0 Å². The smallest absolute Gasteiger partial charge is 0.123 e. The van der Waals surface area contributed by atoms with Crippen LogP contribution >= 0.6 is 0 Å². The number of para-hydroxylation sites is 1. The summed E-state index contributed by atoms with van der Waals surface area (Å²) in [6, 6.07) is 8.19. The Morgan fingerprint density at radius 3 is 2.94 bits per heavy atom. The summed E-state index contributed by atoms with van der Waals surface area (Å²) in [7, 11) is 1.71. The van der Waals surface area contributed by atoms with E-state index in [-0.39, 0.29) is 6.04 Å². The van der Waals surface area contributed by atoms with E-state index in [1.54, 1.807) is 7.11 Å². The van der Waals surface area contributed by atoms with Gasteiger partial charge < -0.3 is 15.8 Å². The fourth-order valence-corrected chi connectivity index (χ4v) is 2.60. The Balaban J connectivity index is 2.14. The Kier molecular flexibility index (Phi) is 4.40. The molecule has 1 fully saturated rings. The molecule has 2 unspecified atom stereocenters. The van der Waals surface area contributed by atoms with Gasteiger partial charge in [-0.15, -0.1) is 0 Å². The summed E-state index contributed by atoms with van der Waals surface area (Å²) in [5.41, 5.74) is 7.55. The molecule has 94 valence electrons. The van der Waals surface area contributed by atoms with Crippen molar-refractivity contribution in [2.75, 3.05) is 20.2 Å². The summed E-state index contributed by atoms with van der Waals surface area (Å²) in [5, 5.41) is 3.43. The van der Waals surface area contributed by atoms with E-state index in [1.807, 2.05) is 18.2 Å². The van der Waals surface area contributed by atoms with Crippen molar-refractivity contribution in [1.82, 2.24) is 5.32 Å². The van der Waals surface area contributed by atoms with Crippen LogP contribution in [-0.4, -0.2) is 20.2 Å². The number of benzene rings is 1. The van der Waals surface area contributed by atoms with Crippen molar-refractivity contribution in [2.24, 2.45) is 11.7 Å². The van der Waals surface area contributed by atoms with E-state index in [4.69, 9.17) is 10.5 Å². The minimum atomic E-state index is 0.0889. The number of nitrogens with two attached hydrogens (primary N) is 1. The van der Waals surface area contributed by atoms with E-state index in [2.05, 4.69) is 11.4 Å². The molecule has 1 aliphatic heterocycles. The third kappa shape index (κ3) is 2.99. The predicted octanol–water partition coefficient (Wildman–Crippen LogP) is 2.08. The fourth-order valence-electron chi connectivity index (χ4n) is 2.60. The Labute approximate surface area is 103 Å². The minimum absolute atomic E-state index is 0.0889. The normalized spacial score (nSPS) is 22.8. The molecule has 3 N–H and O–H groups in total.